The molecular weight excluding hydrogens is 240 g/mol. The summed E-state index contributed by atoms with van der Waals surface area (Å²) < 4.78 is 37.1. The van der Waals surface area contributed by atoms with Gasteiger partial charge in [-0.2, -0.15) is 13.2 Å². The fraction of sp³-hybridized carbons (Fsp3) is 0.0769. The third-order valence-electron chi connectivity index (χ3n) is 2.58. The lowest BCUT2D eigenvalue weighted by atomic mass is 9.56. The van der Waals surface area contributed by atoms with Gasteiger partial charge >= 0.3 is 13.1 Å². The third-order valence-corrected chi connectivity index (χ3v) is 2.58. The van der Waals surface area contributed by atoms with Crippen molar-refractivity contribution in [3.8, 4) is 0 Å². The summed E-state index contributed by atoms with van der Waals surface area (Å²) in [5.41, 5.74) is 0.207. The molecule has 0 atom stereocenters. The summed E-state index contributed by atoms with van der Waals surface area (Å²) >= 11 is 0. The first-order valence-electron chi connectivity index (χ1n) is 5.30. The Morgan fingerprint density at radius 1 is 1.00 bits per heavy atom. The van der Waals surface area contributed by atoms with E-state index in [1.807, 2.05) is 0 Å². The van der Waals surface area contributed by atoms with Crippen molar-refractivity contribution in [2.24, 2.45) is 0 Å². The van der Waals surface area contributed by atoms with E-state index in [4.69, 9.17) is 0 Å². The fourth-order valence-electron chi connectivity index (χ4n) is 1.61. The Kier molecular flexibility index (Phi) is 3.43. The van der Waals surface area contributed by atoms with E-state index in [9.17, 15) is 18.2 Å². The van der Waals surface area contributed by atoms with Crippen LogP contribution in [0.2, 0.25) is 0 Å². The van der Waals surface area contributed by atoms with Gasteiger partial charge in [0.1, 0.15) is 0 Å². The van der Waals surface area contributed by atoms with Crippen LogP contribution in [0, 0.1) is 6.07 Å². The predicted octanol–water partition coefficient (Wildman–Crippen LogP) is 1.60. The van der Waals surface area contributed by atoms with Gasteiger partial charge in [-0.1, -0.05) is 48.5 Å². The first-order chi connectivity index (χ1) is 8.48. The zero-order chi connectivity index (χ0) is 13.2. The molecule has 0 aliphatic carbocycles. The molecule has 0 bridgehead atoms. The number of hydrogen-bond acceptors (Lipinski definition) is 1. The van der Waals surface area contributed by atoms with Gasteiger partial charge in [0.05, 0.1) is 5.56 Å². The molecule has 18 heavy (non-hydrogen) atoms. The molecule has 2 rings (SSSR count). The van der Waals surface area contributed by atoms with Crippen LogP contribution in [0.1, 0.15) is 5.56 Å². The van der Waals surface area contributed by atoms with Crippen LogP contribution in [-0.2, 0) is 6.18 Å². The van der Waals surface area contributed by atoms with Gasteiger partial charge in [-0.05, 0) is 17.0 Å². The third kappa shape index (κ3) is 2.74. The highest BCUT2D eigenvalue weighted by Gasteiger charge is 2.30. The van der Waals surface area contributed by atoms with Crippen molar-refractivity contribution in [2.75, 3.05) is 0 Å². The molecule has 2 aromatic rings. The van der Waals surface area contributed by atoms with Crippen molar-refractivity contribution in [3.63, 3.8) is 0 Å². The molecular formula is C13H9BF3O. The largest absolute Gasteiger partial charge is 0.443 e. The van der Waals surface area contributed by atoms with Crippen molar-refractivity contribution in [1.29, 1.82) is 0 Å². The van der Waals surface area contributed by atoms with Crippen LogP contribution in [-0.4, -0.2) is 11.9 Å². The first-order valence-corrected chi connectivity index (χ1v) is 5.30. The van der Waals surface area contributed by atoms with Crippen LogP contribution in [0.15, 0.2) is 48.5 Å². The van der Waals surface area contributed by atoms with E-state index in [2.05, 4.69) is 6.07 Å². The molecule has 0 aromatic heterocycles. The number of benzene rings is 2. The molecule has 1 radical (unpaired) electrons. The van der Waals surface area contributed by atoms with Crippen LogP contribution in [0.5, 0.6) is 0 Å². The van der Waals surface area contributed by atoms with E-state index < -0.39 is 18.7 Å². The SMILES string of the molecule is OB(c1[c]cccc1)c1ccc(C(F)(F)F)cc1. The van der Waals surface area contributed by atoms with Crippen molar-refractivity contribution in [3.05, 3.63) is 60.2 Å². The quantitative estimate of drug-likeness (QED) is 0.801. The minimum absolute atomic E-state index is 0.408. The molecule has 0 spiro atoms. The molecule has 0 aliphatic rings. The molecule has 0 saturated carbocycles. The molecule has 2 aromatic carbocycles. The highest BCUT2D eigenvalue weighted by molar-refractivity contribution is 6.78. The Morgan fingerprint density at radius 2 is 1.67 bits per heavy atom. The monoisotopic (exact) mass is 249 g/mol. The van der Waals surface area contributed by atoms with Crippen LogP contribution in [0.25, 0.3) is 0 Å². The molecule has 1 nitrogen and oxygen atoms in total. The summed E-state index contributed by atoms with van der Waals surface area (Å²) in [5.74, 6) is 0. The average molecular weight is 249 g/mol. The second-order valence-corrected chi connectivity index (χ2v) is 3.84. The number of rotatable bonds is 2. The lowest BCUT2D eigenvalue weighted by molar-refractivity contribution is -0.137. The molecule has 0 saturated heterocycles. The van der Waals surface area contributed by atoms with Gasteiger partial charge in [0.15, 0.2) is 0 Å². The van der Waals surface area contributed by atoms with Crippen LogP contribution in [0.4, 0.5) is 13.2 Å². The number of halogens is 3. The molecule has 5 heteroatoms. The minimum Gasteiger partial charge on any atom is -0.443 e. The van der Waals surface area contributed by atoms with Gasteiger partial charge in [0.25, 0.3) is 0 Å². The smallest absolute Gasteiger partial charge is 0.416 e. The maximum Gasteiger partial charge on any atom is 0.416 e. The summed E-state index contributed by atoms with van der Waals surface area (Å²) in [7, 11) is 0. The van der Waals surface area contributed by atoms with Gasteiger partial charge in [-0.25, -0.2) is 0 Å². The summed E-state index contributed by atoms with van der Waals surface area (Å²) in [6, 6.07) is 14.1. The predicted molar refractivity (Wildman–Crippen MR) is 64.0 cm³/mol. The molecule has 1 N–H and O–H groups in total. The molecule has 0 heterocycles. The second kappa shape index (κ2) is 4.86. The molecule has 0 amide bonds. The summed E-state index contributed by atoms with van der Waals surface area (Å²) in [6.07, 6.45) is -4.36. The standard InChI is InChI=1S/C13H9BF3O/c15-13(16,17)10-6-8-12(9-7-10)14(18)11-4-2-1-3-5-11/h1-4,6-9,18H. The first kappa shape index (κ1) is 12.7. The van der Waals surface area contributed by atoms with Crippen LogP contribution < -0.4 is 10.9 Å². The zero-order valence-corrected chi connectivity index (χ0v) is 9.28. The molecule has 0 aliphatic heterocycles. The Morgan fingerprint density at radius 3 is 2.17 bits per heavy atom. The van der Waals surface area contributed by atoms with E-state index >= 15 is 0 Å². The maximum absolute atomic E-state index is 12.4. The van der Waals surface area contributed by atoms with Crippen LogP contribution in [0.3, 0.4) is 0 Å². The number of alkyl halides is 3. The average Bonchev–Trinajstić information content (AvgIpc) is 2.38. The Labute approximate surface area is 103 Å². The van der Waals surface area contributed by atoms with E-state index in [0.717, 1.165) is 12.1 Å². The van der Waals surface area contributed by atoms with Crippen molar-refractivity contribution in [1.82, 2.24) is 0 Å². The normalized spacial score (nSPS) is 11.3. The van der Waals surface area contributed by atoms with Crippen molar-refractivity contribution >= 4 is 17.8 Å². The lowest BCUT2D eigenvalue weighted by Crippen LogP contribution is -2.42. The van der Waals surface area contributed by atoms with Crippen molar-refractivity contribution < 1.29 is 18.2 Å². The maximum atomic E-state index is 12.4. The van der Waals surface area contributed by atoms with Gasteiger partial charge in [0, 0.05) is 0 Å². The Bertz CT molecular complexity index is 508. The summed E-state index contributed by atoms with van der Waals surface area (Å²) in [6.45, 7) is -0.964. The van der Waals surface area contributed by atoms with E-state index in [0.29, 0.717) is 10.9 Å². The van der Waals surface area contributed by atoms with Gasteiger partial charge < -0.3 is 5.02 Å². The molecule has 91 valence electrons. The van der Waals surface area contributed by atoms with Crippen molar-refractivity contribution in [2.45, 2.75) is 6.18 Å². The summed E-state index contributed by atoms with van der Waals surface area (Å²) in [5, 5.41) is 9.97. The van der Waals surface area contributed by atoms with E-state index in [-0.39, 0.29) is 0 Å². The number of hydrogen-bond donors (Lipinski definition) is 1. The van der Waals surface area contributed by atoms with Gasteiger partial charge in [-0.3, -0.25) is 0 Å². The van der Waals surface area contributed by atoms with Gasteiger partial charge in [-0.15, -0.1) is 0 Å². The highest BCUT2D eigenvalue weighted by atomic mass is 19.4. The van der Waals surface area contributed by atoms with Gasteiger partial charge in [0.2, 0.25) is 0 Å². The molecule has 0 unspecified atom stereocenters. The van der Waals surface area contributed by atoms with E-state index in [1.54, 1.807) is 24.3 Å². The Balaban J connectivity index is 2.25. The zero-order valence-electron chi connectivity index (χ0n) is 9.28. The topological polar surface area (TPSA) is 20.2 Å². The van der Waals surface area contributed by atoms with Crippen LogP contribution >= 0.6 is 0 Å². The lowest BCUT2D eigenvalue weighted by Gasteiger charge is -2.09. The summed E-state index contributed by atoms with van der Waals surface area (Å²) in [4.78, 5) is 0. The highest BCUT2D eigenvalue weighted by Crippen LogP contribution is 2.28. The molecule has 0 fully saturated rings. The minimum atomic E-state index is -4.36. The fourth-order valence-corrected chi connectivity index (χ4v) is 1.61. The second-order valence-electron chi connectivity index (χ2n) is 3.84. The Hall–Kier alpha value is -1.75. The van der Waals surface area contributed by atoms with E-state index in [1.165, 1.54) is 12.1 Å².